The summed E-state index contributed by atoms with van der Waals surface area (Å²) >= 11 is 0. The average molecular weight is 402 g/mol. The Labute approximate surface area is 150 Å². The van der Waals surface area contributed by atoms with E-state index in [0.717, 1.165) is 35.3 Å². The molecule has 144 valence electrons. The van der Waals surface area contributed by atoms with Gasteiger partial charge in [0.1, 0.15) is 0 Å². The number of sulfone groups is 1. The number of nitrogens with two attached hydrogens (primary N) is 2. The summed E-state index contributed by atoms with van der Waals surface area (Å²) in [6.07, 6.45) is -2.04. The number of hydrogen-bond acceptors (Lipinski definition) is 4. The first-order chi connectivity index (χ1) is 12.3. The summed E-state index contributed by atoms with van der Waals surface area (Å²) in [4.78, 5) is 25.7. The van der Waals surface area contributed by atoms with Crippen LogP contribution in [0.5, 0.6) is 0 Å². The van der Waals surface area contributed by atoms with Gasteiger partial charge in [0.05, 0.1) is 21.7 Å². The van der Waals surface area contributed by atoms with Gasteiger partial charge in [-0.3, -0.25) is 9.59 Å². The minimum Gasteiger partial charge on any atom is -0.370 e. The van der Waals surface area contributed by atoms with Crippen molar-refractivity contribution in [3.05, 3.63) is 58.0 Å². The zero-order chi connectivity index (χ0) is 20.6. The number of nitrogens with zero attached hydrogens (tertiary/aromatic N) is 2. The molecule has 0 atom stereocenters. The third kappa shape index (κ3) is 4.53. The van der Waals surface area contributed by atoms with Crippen LogP contribution < -0.4 is 16.9 Å². The molecule has 0 fully saturated rings. The van der Waals surface area contributed by atoms with Gasteiger partial charge in [0, 0.05) is 30.8 Å². The molecule has 1 heterocycles. The summed E-state index contributed by atoms with van der Waals surface area (Å²) in [5.74, 6) is -2.22. The first-order valence-corrected chi connectivity index (χ1v) is 8.98. The topological polar surface area (TPSA) is 138 Å². The Balaban J connectivity index is 2.93. The number of alkyl halides is 3. The van der Waals surface area contributed by atoms with Gasteiger partial charge in [0.2, 0.25) is 0 Å². The van der Waals surface area contributed by atoms with E-state index in [1.165, 1.54) is 0 Å². The minimum atomic E-state index is -5.01. The zero-order valence-corrected chi connectivity index (χ0v) is 14.5. The quantitative estimate of drug-likeness (QED) is 0.572. The van der Waals surface area contributed by atoms with Gasteiger partial charge in [-0.15, -0.1) is 0 Å². The van der Waals surface area contributed by atoms with Crippen LogP contribution in [0.2, 0.25) is 0 Å². The molecule has 0 saturated carbocycles. The number of guanidine groups is 1. The Kier molecular flexibility index (Phi) is 5.13. The molecule has 0 aliphatic heterocycles. The highest BCUT2D eigenvalue weighted by Crippen LogP contribution is 2.36. The van der Waals surface area contributed by atoms with Crippen molar-refractivity contribution in [2.24, 2.45) is 16.5 Å². The number of pyridine rings is 1. The highest BCUT2D eigenvalue weighted by atomic mass is 32.2. The number of halogens is 3. The van der Waals surface area contributed by atoms with Crippen molar-refractivity contribution in [1.82, 2.24) is 4.57 Å². The monoisotopic (exact) mass is 402 g/mol. The number of benzene rings is 1. The molecule has 2 rings (SSSR count). The van der Waals surface area contributed by atoms with Crippen LogP contribution in [-0.2, 0) is 16.0 Å². The number of aromatic nitrogens is 1. The van der Waals surface area contributed by atoms with Crippen LogP contribution in [0, 0.1) is 0 Å². The Morgan fingerprint density at radius 1 is 1.15 bits per heavy atom. The van der Waals surface area contributed by atoms with E-state index in [0.29, 0.717) is 12.1 Å². The van der Waals surface area contributed by atoms with E-state index in [2.05, 4.69) is 4.99 Å². The van der Waals surface area contributed by atoms with Crippen molar-refractivity contribution in [3.63, 3.8) is 0 Å². The van der Waals surface area contributed by atoms with Gasteiger partial charge >= 0.3 is 6.18 Å². The number of carbonyl (C=O) groups excluding carboxylic acids is 1. The highest BCUT2D eigenvalue weighted by molar-refractivity contribution is 7.90. The van der Waals surface area contributed by atoms with Gasteiger partial charge in [0.15, 0.2) is 21.2 Å². The second-order valence-electron chi connectivity index (χ2n) is 5.42. The SMILES string of the molecule is CS(=O)(=O)c1cc(C(=O)N=C(N)N)c(C(F)(F)F)cc1-n1ccc(=O)cc1. The standard InChI is InChI=1S/C15H13F3N4O4S/c1-27(25,26)12-6-9(13(24)21-14(19)20)10(15(16,17)18)7-11(12)22-4-2-8(23)3-5-22/h2-7H,1H3,(H4,19,20,21,24). The predicted octanol–water partition coefficient (Wildman–Crippen LogP) is 0.673. The second-order valence-corrected chi connectivity index (χ2v) is 7.40. The number of amides is 1. The normalized spacial score (nSPS) is 11.9. The van der Waals surface area contributed by atoms with Crippen molar-refractivity contribution in [3.8, 4) is 5.69 Å². The Hall–Kier alpha value is -3.15. The van der Waals surface area contributed by atoms with Crippen molar-refractivity contribution in [2.45, 2.75) is 11.1 Å². The fourth-order valence-corrected chi connectivity index (χ4v) is 3.11. The molecule has 0 aliphatic carbocycles. The molecule has 0 saturated heterocycles. The first kappa shape index (κ1) is 20.2. The summed E-state index contributed by atoms with van der Waals surface area (Å²) in [6, 6.07) is 3.12. The number of aliphatic imine (C=N–C) groups is 1. The molecular weight excluding hydrogens is 389 g/mol. The smallest absolute Gasteiger partial charge is 0.370 e. The minimum absolute atomic E-state index is 0.397. The maximum Gasteiger partial charge on any atom is 0.417 e. The first-order valence-electron chi connectivity index (χ1n) is 7.08. The molecule has 8 nitrogen and oxygen atoms in total. The molecule has 0 bridgehead atoms. The van der Waals surface area contributed by atoms with E-state index in [4.69, 9.17) is 11.5 Å². The fraction of sp³-hybridized carbons (Fsp3) is 0.133. The molecule has 4 N–H and O–H groups in total. The van der Waals surface area contributed by atoms with Gasteiger partial charge in [-0.1, -0.05) is 0 Å². The van der Waals surface area contributed by atoms with E-state index in [9.17, 15) is 31.2 Å². The Morgan fingerprint density at radius 3 is 2.15 bits per heavy atom. The van der Waals surface area contributed by atoms with Crippen LogP contribution in [0.4, 0.5) is 13.2 Å². The number of rotatable bonds is 3. The number of hydrogen-bond donors (Lipinski definition) is 2. The molecule has 0 unspecified atom stereocenters. The van der Waals surface area contributed by atoms with Crippen molar-refractivity contribution < 1.29 is 26.4 Å². The number of carbonyl (C=O) groups is 1. The molecule has 2 aromatic rings. The lowest BCUT2D eigenvalue weighted by atomic mass is 10.0. The van der Waals surface area contributed by atoms with Crippen LogP contribution >= 0.6 is 0 Å². The molecule has 1 aromatic heterocycles. The van der Waals surface area contributed by atoms with Crippen LogP contribution in [0.25, 0.3) is 5.69 Å². The Bertz CT molecular complexity index is 1080. The van der Waals surface area contributed by atoms with Crippen molar-refractivity contribution in [1.29, 1.82) is 0 Å². The van der Waals surface area contributed by atoms with Gasteiger partial charge in [0.25, 0.3) is 5.91 Å². The van der Waals surface area contributed by atoms with Crippen LogP contribution in [0.3, 0.4) is 0 Å². The van der Waals surface area contributed by atoms with Gasteiger partial charge in [-0.2, -0.15) is 18.2 Å². The lowest BCUT2D eigenvalue weighted by Crippen LogP contribution is -2.25. The molecule has 0 radical (unpaired) electrons. The maximum atomic E-state index is 13.5. The van der Waals surface area contributed by atoms with E-state index >= 15 is 0 Å². The lowest BCUT2D eigenvalue weighted by Gasteiger charge is -2.17. The summed E-state index contributed by atoms with van der Waals surface area (Å²) in [6.45, 7) is 0. The summed E-state index contributed by atoms with van der Waals surface area (Å²) in [5, 5.41) is 0. The van der Waals surface area contributed by atoms with Gasteiger partial charge in [-0.05, 0) is 12.1 Å². The van der Waals surface area contributed by atoms with Gasteiger partial charge < -0.3 is 16.0 Å². The fourth-order valence-electron chi connectivity index (χ4n) is 2.23. The zero-order valence-electron chi connectivity index (χ0n) is 13.7. The lowest BCUT2D eigenvalue weighted by molar-refractivity contribution is -0.137. The summed E-state index contributed by atoms with van der Waals surface area (Å²) < 4.78 is 65.6. The van der Waals surface area contributed by atoms with Crippen LogP contribution in [0.1, 0.15) is 15.9 Å². The molecule has 0 spiro atoms. The summed E-state index contributed by atoms with van der Waals surface area (Å²) in [7, 11) is -4.07. The predicted molar refractivity (Wildman–Crippen MR) is 90.3 cm³/mol. The third-order valence-corrected chi connectivity index (χ3v) is 4.47. The highest BCUT2D eigenvalue weighted by Gasteiger charge is 2.37. The second kappa shape index (κ2) is 6.87. The van der Waals surface area contributed by atoms with E-state index in [1.54, 1.807) is 0 Å². The molecular formula is C15H13F3N4O4S. The van der Waals surface area contributed by atoms with Crippen molar-refractivity contribution >= 4 is 21.7 Å². The molecule has 27 heavy (non-hydrogen) atoms. The van der Waals surface area contributed by atoms with Crippen LogP contribution in [0.15, 0.2) is 51.3 Å². The van der Waals surface area contributed by atoms with E-state index in [1.807, 2.05) is 0 Å². The van der Waals surface area contributed by atoms with Crippen molar-refractivity contribution in [2.75, 3.05) is 6.26 Å². The third-order valence-electron chi connectivity index (χ3n) is 3.34. The maximum absolute atomic E-state index is 13.5. The summed E-state index contributed by atoms with van der Waals surface area (Å²) in [5.41, 5.74) is 6.76. The van der Waals surface area contributed by atoms with Crippen LogP contribution in [-0.4, -0.2) is 31.1 Å². The van der Waals surface area contributed by atoms with Gasteiger partial charge in [-0.25, -0.2) is 8.42 Å². The largest absolute Gasteiger partial charge is 0.417 e. The Morgan fingerprint density at radius 2 is 1.70 bits per heavy atom. The average Bonchev–Trinajstić information content (AvgIpc) is 2.52. The van der Waals surface area contributed by atoms with E-state index in [-0.39, 0.29) is 0 Å². The molecule has 12 heteroatoms. The molecule has 0 aliphatic rings. The van der Waals surface area contributed by atoms with E-state index < -0.39 is 55.0 Å². The molecule has 1 aromatic carbocycles. The molecule has 1 amide bonds.